The molecule has 1 saturated heterocycles. The Kier molecular flexibility index (Phi) is 8.17. The number of hydrogen-bond acceptors (Lipinski definition) is 4. The fraction of sp³-hybridized carbons (Fsp3) is 0.818. The minimum Gasteiger partial charge on any atom is -0.437 e. The fourth-order valence-corrected chi connectivity index (χ4v) is 1.62. The molecule has 0 bridgehead atoms. The van der Waals surface area contributed by atoms with E-state index in [0.29, 0.717) is 0 Å². The molecule has 1 heterocycles. The number of nitrogens with zero attached hydrogens (tertiary/aromatic N) is 2. The molecule has 4 nitrogen and oxygen atoms in total. The van der Waals surface area contributed by atoms with Crippen LogP contribution in [-0.4, -0.2) is 53.4 Å². The minimum atomic E-state index is -0.381. The summed E-state index contributed by atoms with van der Waals surface area (Å²) in [6.45, 7) is 7.46. The number of aliphatic hydroxyl groups is 1. The first kappa shape index (κ1) is 17.6. The second-order valence-electron chi connectivity index (χ2n) is 5.05. The SMILES string of the molecule is CB(O)N1CC[C-](C=NC(C)(C)CO)CC1.[Y]. The van der Waals surface area contributed by atoms with Crippen LogP contribution in [0.2, 0.25) is 6.82 Å². The van der Waals surface area contributed by atoms with Gasteiger partial charge in [-0.1, -0.05) is 0 Å². The van der Waals surface area contributed by atoms with E-state index in [1.807, 2.05) is 20.1 Å². The summed E-state index contributed by atoms with van der Waals surface area (Å²) >= 11 is 0. The van der Waals surface area contributed by atoms with Crippen LogP contribution < -0.4 is 0 Å². The van der Waals surface area contributed by atoms with Crippen molar-refractivity contribution in [2.75, 3.05) is 19.7 Å². The zero-order valence-corrected chi connectivity index (χ0v) is 13.9. The Morgan fingerprint density at radius 3 is 2.35 bits per heavy atom. The number of aliphatic imine (C=N–C) groups is 1. The first-order valence-corrected chi connectivity index (χ1v) is 5.87. The Labute approximate surface area is 130 Å². The van der Waals surface area contributed by atoms with Crippen LogP contribution in [0.25, 0.3) is 0 Å². The zero-order valence-electron chi connectivity index (χ0n) is 11.1. The van der Waals surface area contributed by atoms with E-state index in [9.17, 15) is 5.02 Å². The van der Waals surface area contributed by atoms with Crippen LogP contribution >= 0.6 is 0 Å². The molecule has 17 heavy (non-hydrogen) atoms. The van der Waals surface area contributed by atoms with Crippen molar-refractivity contribution in [1.82, 2.24) is 4.81 Å². The van der Waals surface area contributed by atoms with Gasteiger partial charge in [-0.3, -0.25) is 0 Å². The van der Waals surface area contributed by atoms with Gasteiger partial charge in [0.15, 0.2) is 0 Å². The van der Waals surface area contributed by atoms with Gasteiger partial charge >= 0.3 is 7.05 Å². The fourth-order valence-electron chi connectivity index (χ4n) is 1.62. The average Bonchev–Trinajstić information content (AvgIpc) is 2.27. The van der Waals surface area contributed by atoms with Gasteiger partial charge in [-0.15, -0.1) is 19.1 Å². The maximum absolute atomic E-state index is 9.41. The molecule has 0 aromatic heterocycles. The summed E-state index contributed by atoms with van der Waals surface area (Å²) in [7, 11) is -0.354. The Bertz CT molecular complexity index is 242. The third-order valence-electron chi connectivity index (χ3n) is 2.95. The predicted molar refractivity (Wildman–Crippen MR) is 67.5 cm³/mol. The molecular formula is C11H22BN2O2Y-. The third kappa shape index (κ3) is 6.35. The van der Waals surface area contributed by atoms with E-state index in [0.717, 1.165) is 25.9 Å². The van der Waals surface area contributed by atoms with Crippen LogP contribution in [0, 0.1) is 5.92 Å². The topological polar surface area (TPSA) is 56.1 Å². The molecule has 0 atom stereocenters. The second-order valence-corrected chi connectivity index (χ2v) is 5.05. The van der Waals surface area contributed by atoms with Crippen molar-refractivity contribution in [3.63, 3.8) is 0 Å². The molecule has 1 aliphatic rings. The molecule has 1 fully saturated rings. The second kappa shape index (κ2) is 7.90. The van der Waals surface area contributed by atoms with Crippen molar-refractivity contribution in [3.05, 3.63) is 5.92 Å². The van der Waals surface area contributed by atoms with E-state index in [-0.39, 0.29) is 51.9 Å². The molecule has 1 aliphatic heterocycles. The predicted octanol–water partition coefficient (Wildman–Crippen LogP) is 0.606. The average molecular weight is 314 g/mol. The molecule has 0 spiro atoms. The van der Waals surface area contributed by atoms with Crippen LogP contribution in [-0.2, 0) is 32.7 Å². The summed E-state index contributed by atoms with van der Waals surface area (Å²) in [6.07, 6.45) is 3.81. The van der Waals surface area contributed by atoms with Gasteiger partial charge in [-0.05, 0) is 33.8 Å². The van der Waals surface area contributed by atoms with Crippen LogP contribution in [0.15, 0.2) is 4.99 Å². The Balaban J connectivity index is 0.00000256. The van der Waals surface area contributed by atoms with Gasteiger partial charge in [0.25, 0.3) is 0 Å². The molecule has 1 radical (unpaired) electrons. The molecule has 6 heteroatoms. The van der Waals surface area contributed by atoms with Crippen molar-refractivity contribution in [2.24, 2.45) is 4.99 Å². The molecule has 0 aromatic carbocycles. The third-order valence-corrected chi connectivity index (χ3v) is 2.95. The van der Waals surface area contributed by atoms with Crippen molar-refractivity contribution >= 4 is 13.3 Å². The van der Waals surface area contributed by atoms with E-state index < -0.39 is 0 Å². The van der Waals surface area contributed by atoms with Crippen LogP contribution in [0.3, 0.4) is 0 Å². The normalized spacial score (nSPS) is 18.3. The summed E-state index contributed by atoms with van der Waals surface area (Å²) in [6, 6.07) is 0. The molecule has 0 aliphatic carbocycles. The number of hydrogen-bond donors (Lipinski definition) is 2. The number of aliphatic hydroxyl groups excluding tert-OH is 1. The first-order chi connectivity index (χ1) is 7.44. The van der Waals surface area contributed by atoms with Gasteiger partial charge < -0.3 is 25.9 Å². The molecule has 0 aromatic rings. The van der Waals surface area contributed by atoms with Gasteiger partial charge in [0.2, 0.25) is 0 Å². The largest absolute Gasteiger partial charge is 0.437 e. The van der Waals surface area contributed by atoms with Gasteiger partial charge in [0.1, 0.15) is 0 Å². The smallest absolute Gasteiger partial charge is 0.376 e. The standard InChI is InChI=1S/C11H22BN2O2.Y/c1-11(2,9-15)13-8-10-4-6-14(7-5-10)12(3)16;/h8,15-16H,4-7,9H2,1-3H3;/q-1;. The quantitative estimate of drug-likeness (QED) is 0.454. The van der Waals surface area contributed by atoms with Crippen LogP contribution in [0.5, 0.6) is 0 Å². The molecule has 95 valence electrons. The summed E-state index contributed by atoms with van der Waals surface area (Å²) in [5.74, 6) is 1.30. The van der Waals surface area contributed by atoms with E-state index in [4.69, 9.17) is 5.11 Å². The van der Waals surface area contributed by atoms with Crippen molar-refractivity contribution < 1.29 is 42.8 Å². The molecule has 0 saturated carbocycles. The Hall–Kier alpha value is 0.589. The van der Waals surface area contributed by atoms with Gasteiger partial charge in [-0.2, -0.15) is 0 Å². The monoisotopic (exact) mass is 314 g/mol. The van der Waals surface area contributed by atoms with Crippen molar-refractivity contribution in [3.8, 4) is 0 Å². The number of piperidine rings is 1. The van der Waals surface area contributed by atoms with Crippen molar-refractivity contribution in [1.29, 1.82) is 0 Å². The molecule has 0 amide bonds. The number of rotatable bonds is 4. The van der Waals surface area contributed by atoms with Crippen LogP contribution in [0.4, 0.5) is 0 Å². The molecule has 0 unspecified atom stereocenters. The van der Waals surface area contributed by atoms with E-state index in [1.54, 1.807) is 6.82 Å². The van der Waals surface area contributed by atoms with Gasteiger partial charge in [0.05, 0.1) is 12.1 Å². The van der Waals surface area contributed by atoms with E-state index >= 15 is 0 Å². The Morgan fingerprint density at radius 2 is 1.94 bits per heavy atom. The summed E-state index contributed by atoms with van der Waals surface area (Å²) in [5.41, 5.74) is -0.381. The molecule has 2 N–H and O–H groups in total. The first-order valence-electron chi connectivity index (χ1n) is 5.87. The summed E-state index contributed by atoms with van der Waals surface area (Å²) in [5, 5.41) is 18.5. The molecule has 1 rings (SSSR count). The van der Waals surface area contributed by atoms with Crippen LogP contribution in [0.1, 0.15) is 26.7 Å². The minimum absolute atomic E-state index is 0. The summed E-state index contributed by atoms with van der Waals surface area (Å²) < 4.78 is 0. The summed E-state index contributed by atoms with van der Waals surface area (Å²) in [4.78, 5) is 6.43. The van der Waals surface area contributed by atoms with E-state index in [1.165, 1.54) is 5.92 Å². The zero-order chi connectivity index (χ0) is 12.2. The molecular weight excluding hydrogens is 292 g/mol. The maximum atomic E-state index is 9.41. The van der Waals surface area contributed by atoms with Crippen molar-refractivity contribution in [2.45, 2.75) is 39.1 Å². The van der Waals surface area contributed by atoms with Gasteiger partial charge in [-0.25, -0.2) is 0 Å². The van der Waals surface area contributed by atoms with Gasteiger partial charge in [0, 0.05) is 32.7 Å². The van der Waals surface area contributed by atoms with E-state index in [2.05, 4.69) is 9.80 Å². The Morgan fingerprint density at radius 1 is 1.41 bits per heavy atom. The maximum Gasteiger partial charge on any atom is 0.376 e.